The van der Waals surface area contributed by atoms with Gasteiger partial charge in [-0.15, -0.1) is 0 Å². The molecule has 0 aliphatic carbocycles. The molecule has 148 valence electrons. The molecule has 2 N–H and O–H groups in total. The zero-order valence-electron chi connectivity index (χ0n) is 15.0. The van der Waals surface area contributed by atoms with Crippen LogP contribution >= 0.6 is 11.6 Å². The normalized spacial score (nSPS) is 15.2. The van der Waals surface area contributed by atoms with E-state index in [4.69, 9.17) is 11.6 Å². The first-order valence-corrected chi connectivity index (χ1v) is 10.8. The summed E-state index contributed by atoms with van der Waals surface area (Å²) in [6.07, 6.45) is 1.17. The number of carbonyl (C=O) groups excluding carboxylic acids is 2. The summed E-state index contributed by atoms with van der Waals surface area (Å²) in [6, 6.07) is 13.6. The summed E-state index contributed by atoms with van der Waals surface area (Å²) in [7, 11) is -3.25. The first-order chi connectivity index (χ1) is 13.3. The van der Waals surface area contributed by atoms with Gasteiger partial charge in [-0.2, -0.15) is 0 Å². The number of nitrogens with one attached hydrogen (secondary N) is 2. The van der Waals surface area contributed by atoms with Gasteiger partial charge in [0.2, 0.25) is 10.0 Å². The van der Waals surface area contributed by atoms with E-state index in [1.54, 1.807) is 36.4 Å². The molecule has 2 amide bonds. The molecule has 0 spiro atoms. The number of hydrogen-bond acceptors (Lipinski definition) is 4. The van der Waals surface area contributed by atoms with Crippen LogP contribution in [0.5, 0.6) is 0 Å². The third-order valence-electron chi connectivity index (χ3n) is 4.33. The Morgan fingerprint density at radius 1 is 1.00 bits per heavy atom. The van der Waals surface area contributed by atoms with E-state index < -0.39 is 21.8 Å². The summed E-state index contributed by atoms with van der Waals surface area (Å²) in [5, 5.41) is 5.70. The second-order valence-corrected chi connectivity index (χ2v) is 8.82. The summed E-state index contributed by atoms with van der Waals surface area (Å²) >= 11 is 5.82. The maximum Gasteiger partial charge on any atom is 0.313 e. The van der Waals surface area contributed by atoms with Crippen LogP contribution in [0.25, 0.3) is 0 Å². The van der Waals surface area contributed by atoms with Crippen LogP contribution in [0.2, 0.25) is 5.02 Å². The lowest BCUT2D eigenvalue weighted by atomic mass is 10.1. The minimum atomic E-state index is -3.25. The second kappa shape index (κ2) is 8.62. The monoisotopic (exact) mass is 421 g/mol. The smallest absolute Gasteiger partial charge is 0.313 e. The average molecular weight is 422 g/mol. The predicted octanol–water partition coefficient (Wildman–Crippen LogP) is 2.18. The van der Waals surface area contributed by atoms with Crippen LogP contribution in [0.1, 0.15) is 12.0 Å². The van der Waals surface area contributed by atoms with Gasteiger partial charge < -0.3 is 10.6 Å². The van der Waals surface area contributed by atoms with E-state index in [1.807, 2.05) is 12.1 Å². The molecule has 9 heteroatoms. The zero-order chi connectivity index (χ0) is 20.1. The standard InChI is InChI=1S/C19H20ClN3O4S/c20-15-4-2-14(3-5-15)10-11-21-18(24)19(25)22-16-6-8-17(9-7-16)23-12-1-13-28(23,26)27/h2-9H,1,10-13H2,(H,21,24)(H,22,25). The molecule has 0 radical (unpaired) electrons. The summed E-state index contributed by atoms with van der Waals surface area (Å²) in [6.45, 7) is 0.768. The van der Waals surface area contributed by atoms with Crippen LogP contribution in [-0.4, -0.2) is 39.1 Å². The molecule has 2 aromatic rings. The third kappa shape index (κ3) is 5.02. The summed E-state index contributed by atoms with van der Waals surface area (Å²) in [4.78, 5) is 23.9. The van der Waals surface area contributed by atoms with Gasteiger partial charge in [-0.05, 0) is 54.8 Å². The number of benzene rings is 2. The van der Waals surface area contributed by atoms with E-state index in [2.05, 4.69) is 10.6 Å². The van der Waals surface area contributed by atoms with Gasteiger partial charge in [0.15, 0.2) is 0 Å². The fourth-order valence-corrected chi connectivity index (χ4v) is 4.57. The van der Waals surface area contributed by atoms with Crippen LogP contribution in [0.4, 0.5) is 11.4 Å². The Bertz CT molecular complexity index is 960. The van der Waals surface area contributed by atoms with Gasteiger partial charge in [0, 0.05) is 23.8 Å². The van der Waals surface area contributed by atoms with Gasteiger partial charge in [-0.25, -0.2) is 8.42 Å². The van der Waals surface area contributed by atoms with Crippen molar-refractivity contribution < 1.29 is 18.0 Å². The number of carbonyl (C=O) groups is 2. The molecule has 2 aromatic carbocycles. The van der Waals surface area contributed by atoms with Crippen molar-refractivity contribution >= 4 is 44.8 Å². The maximum absolute atomic E-state index is 12.0. The van der Waals surface area contributed by atoms with Gasteiger partial charge in [0.05, 0.1) is 11.4 Å². The molecule has 7 nitrogen and oxygen atoms in total. The SMILES string of the molecule is O=C(NCCc1ccc(Cl)cc1)C(=O)Nc1ccc(N2CCCS2(=O)=O)cc1. The molecule has 1 heterocycles. The van der Waals surface area contributed by atoms with Gasteiger partial charge in [0.1, 0.15) is 0 Å². The number of halogens is 1. The molecular formula is C19H20ClN3O4S. The van der Waals surface area contributed by atoms with Crippen LogP contribution in [0.15, 0.2) is 48.5 Å². The summed E-state index contributed by atoms with van der Waals surface area (Å²) in [5.41, 5.74) is 1.96. The summed E-state index contributed by atoms with van der Waals surface area (Å²) in [5.74, 6) is -1.38. The number of sulfonamides is 1. The number of hydrogen-bond donors (Lipinski definition) is 2. The molecule has 0 unspecified atom stereocenters. The van der Waals surface area contributed by atoms with E-state index in [0.29, 0.717) is 42.3 Å². The average Bonchev–Trinajstić information content (AvgIpc) is 3.03. The van der Waals surface area contributed by atoms with Crippen molar-refractivity contribution in [1.29, 1.82) is 0 Å². The number of rotatable bonds is 5. The van der Waals surface area contributed by atoms with E-state index in [0.717, 1.165) is 5.56 Å². The molecule has 1 aliphatic heterocycles. The third-order valence-corrected chi connectivity index (χ3v) is 6.45. The lowest BCUT2D eigenvalue weighted by Gasteiger charge is -2.17. The number of amides is 2. The first-order valence-electron chi connectivity index (χ1n) is 8.79. The van der Waals surface area contributed by atoms with E-state index in [1.165, 1.54) is 4.31 Å². The fraction of sp³-hybridized carbons (Fsp3) is 0.263. The van der Waals surface area contributed by atoms with Crippen molar-refractivity contribution in [2.45, 2.75) is 12.8 Å². The molecule has 0 atom stereocenters. The molecule has 1 fully saturated rings. The Labute approximate surface area is 168 Å². The highest BCUT2D eigenvalue weighted by molar-refractivity contribution is 7.93. The van der Waals surface area contributed by atoms with Gasteiger partial charge in [-0.1, -0.05) is 23.7 Å². The van der Waals surface area contributed by atoms with Crippen LogP contribution in [-0.2, 0) is 26.0 Å². The van der Waals surface area contributed by atoms with Crippen molar-refractivity contribution in [3.63, 3.8) is 0 Å². The van der Waals surface area contributed by atoms with E-state index in [9.17, 15) is 18.0 Å². The van der Waals surface area contributed by atoms with E-state index in [-0.39, 0.29) is 5.75 Å². The molecule has 28 heavy (non-hydrogen) atoms. The summed E-state index contributed by atoms with van der Waals surface area (Å²) < 4.78 is 25.2. The lowest BCUT2D eigenvalue weighted by Crippen LogP contribution is -2.36. The molecule has 1 aliphatic rings. The van der Waals surface area contributed by atoms with Crippen molar-refractivity contribution in [1.82, 2.24) is 5.32 Å². The predicted molar refractivity (Wildman–Crippen MR) is 109 cm³/mol. The highest BCUT2D eigenvalue weighted by atomic mass is 35.5. The van der Waals surface area contributed by atoms with Crippen LogP contribution < -0.4 is 14.9 Å². The molecule has 0 aromatic heterocycles. The molecule has 0 saturated carbocycles. The lowest BCUT2D eigenvalue weighted by molar-refractivity contribution is -0.136. The van der Waals surface area contributed by atoms with E-state index >= 15 is 0 Å². The fourth-order valence-electron chi connectivity index (χ4n) is 2.88. The Morgan fingerprint density at radius 3 is 2.29 bits per heavy atom. The zero-order valence-corrected chi connectivity index (χ0v) is 16.6. The van der Waals surface area contributed by atoms with Crippen molar-refractivity contribution in [3.8, 4) is 0 Å². The minimum absolute atomic E-state index is 0.141. The Balaban J connectivity index is 1.49. The second-order valence-electron chi connectivity index (χ2n) is 6.38. The molecule has 0 bridgehead atoms. The molecule has 3 rings (SSSR count). The van der Waals surface area contributed by atoms with Crippen LogP contribution in [0, 0.1) is 0 Å². The topological polar surface area (TPSA) is 95.6 Å². The highest BCUT2D eigenvalue weighted by Crippen LogP contribution is 2.25. The van der Waals surface area contributed by atoms with Gasteiger partial charge >= 0.3 is 11.8 Å². The minimum Gasteiger partial charge on any atom is -0.347 e. The Hall–Kier alpha value is -2.58. The number of nitrogens with zero attached hydrogens (tertiary/aromatic N) is 1. The maximum atomic E-state index is 12.0. The van der Waals surface area contributed by atoms with Crippen LogP contribution in [0.3, 0.4) is 0 Å². The molecule has 1 saturated heterocycles. The van der Waals surface area contributed by atoms with Crippen molar-refractivity contribution in [2.75, 3.05) is 28.5 Å². The molecular weight excluding hydrogens is 402 g/mol. The first kappa shape index (κ1) is 20.2. The van der Waals surface area contributed by atoms with Crippen molar-refractivity contribution in [3.05, 3.63) is 59.1 Å². The van der Waals surface area contributed by atoms with Crippen molar-refractivity contribution in [2.24, 2.45) is 0 Å². The van der Waals surface area contributed by atoms with Gasteiger partial charge in [-0.3, -0.25) is 13.9 Å². The Kier molecular flexibility index (Phi) is 6.21. The number of anilines is 2. The largest absolute Gasteiger partial charge is 0.347 e. The Morgan fingerprint density at radius 2 is 1.68 bits per heavy atom. The highest BCUT2D eigenvalue weighted by Gasteiger charge is 2.28. The quantitative estimate of drug-likeness (QED) is 0.723. The van der Waals surface area contributed by atoms with Gasteiger partial charge in [0.25, 0.3) is 0 Å².